The second-order valence-corrected chi connectivity index (χ2v) is 5.50. The van der Waals surface area contributed by atoms with Crippen LogP contribution < -0.4 is 0 Å². The van der Waals surface area contributed by atoms with Gasteiger partial charge in [-0.1, -0.05) is 48.5 Å². The summed E-state index contributed by atoms with van der Waals surface area (Å²) in [4.78, 5) is 10.5. The second kappa shape index (κ2) is 10.2. The van der Waals surface area contributed by atoms with E-state index in [1.165, 1.54) is 0 Å². The fourth-order valence-electron chi connectivity index (χ4n) is 1.92. The summed E-state index contributed by atoms with van der Waals surface area (Å²) < 4.78 is 0. The maximum absolute atomic E-state index is 10.5. The van der Waals surface area contributed by atoms with Gasteiger partial charge in [-0.25, -0.2) is 0 Å². The zero-order chi connectivity index (χ0) is 16.4. The number of hydrogen-bond acceptors (Lipinski definition) is 2. The first-order chi connectivity index (χ1) is 9.77. The average molecular weight is 292 g/mol. The lowest BCUT2D eigenvalue weighted by Gasteiger charge is -2.16. The van der Waals surface area contributed by atoms with Crippen LogP contribution in [0.4, 0.5) is 0 Å². The molecule has 0 unspecified atom stereocenters. The smallest absolute Gasteiger partial charge is 0.307 e. The minimum Gasteiger partial charge on any atom is -0.481 e. The SMILES string of the molecule is C/C=C(\C)[C@@H](O)[C@H](C)/C=C(C)/C=C/C/C(C)=C/CC(=O)O. The first kappa shape index (κ1) is 19.4. The lowest BCUT2D eigenvalue weighted by molar-refractivity contribution is -0.136. The predicted molar refractivity (Wildman–Crippen MR) is 88.1 cm³/mol. The van der Waals surface area contributed by atoms with Crippen molar-refractivity contribution in [2.24, 2.45) is 5.92 Å². The summed E-state index contributed by atoms with van der Waals surface area (Å²) in [5, 5.41) is 18.7. The van der Waals surface area contributed by atoms with E-state index in [1.54, 1.807) is 6.08 Å². The maximum Gasteiger partial charge on any atom is 0.307 e. The topological polar surface area (TPSA) is 57.5 Å². The van der Waals surface area contributed by atoms with E-state index < -0.39 is 12.1 Å². The Morgan fingerprint density at radius 1 is 1.19 bits per heavy atom. The van der Waals surface area contributed by atoms with E-state index in [0.29, 0.717) is 0 Å². The average Bonchev–Trinajstić information content (AvgIpc) is 2.43. The molecule has 0 bridgehead atoms. The minimum absolute atomic E-state index is 0.0644. The van der Waals surface area contributed by atoms with Crippen molar-refractivity contribution in [3.05, 3.63) is 47.1 Å². The van der Waals surface area contributed by atoms with Crippen LogP contribution in [-0.4, -0.2) is 22.3 Å². The molecule has 21 heavy (non-hydrogen) atoms. The summed E-state index contributed by atoms with van der Waals surface area (Å²) >= 11 is 0. The molecule has 0 rings (SSSR count). The van der Waals surface area contributed by atoms with Crippen molar-refractivity contribution in [3.63, 3.8) is 0 Å². The summed E-state index contributed by atoms with van der Waals surface area (Å²) in [5.74, 6) is -0.744. The zero-order valence-corrected chi connectivity index (χ0v) is 13.8. The lowest BCUT2D eigenvalue weighted by Crippen LogP contribution is -2.17. The van der Waals surface area contributed by atoms with E-state index in [2.05, 4.69) is 0 Å². The molecule has 118 valence electrons. The van der Waals surface area contributed by atoms with Crippen molar-refractivity contribution >= 4 is 5.97 Å². The summed E-state index contributed by atoms with van der Waals surface area (Å²) in [6, 6.07) is 0. The Kier molecular flexibility index (Phi) is 9.39. The Labute approximate surface area is 128 Å². The second-order valence-electron chi connectivity index (χ2n) is 5.50. The van der Waals surface area contributed by atoms with Crippen LogP contribution in [0.3, 0.4) is 0 Å². The third kappa shape index (κ3) is 9.03. The van der Waals surface area contributed by atoms with Gasteiger partial charge in [-0.2, -0.15) is 0 Å². The molecule has 0 aliphatic carbocycles. The van der Waals surface area contributed by atoms with Crippen LogP contribution in [-0.2, 0) is 4.79 Å². The van der Waals surface area contributed by atoms with Gasteiger partial charge in [0.25, 0.3) is 0 Å². The van der Waals surface area contributed by atoms with Crippen LogP contribution in [0, 0.1) is 5.92 Å². The quantitative estimate of drug-likeness (QED) is 0.519. The van der Waals surface area contributed by atoms with Crippen molar-refractivity contribution in [2.75, 3.05) is 0 Å². The Morgan fingerprint density at radius 2 is 1.81 bits per heavy atom. The summed E-state index contributed by atoms with van der Waals surface area (Å²) in [7, 11) is 0. The van der Waals surface area contributed by atoms with Gasteiger partial charge >= 0.3 is 5.97 Å². The Hall–Kier alpha value is -1.61. The number of allylic oxidation sites excluding steroid dienone is 5. The summed E-state index contributed by atoms with van der Waals surface area (Å²) in [5.41, 5.74) is 3.11. The van der Waals surface area contributed by atoms with Crippen molar-refractivity contribution in [1.82, 2.24) is 0 Å². The van der Waals surface area contributed by atoms with E-state index >= 15 is 0 Å². The van der Waals surface area contributed by atoms with Crippen LogP contribution in [0.15, 0.2) is 47.1 Å². The molecule has 0 saturated heterocycles. The van der Waals surface area contributed by atoms with Gasteiger partial charge in [0.05, 0.1) is 12.5 Å². The number of rotatable bonds is 8. The molecule has 0 fully saturated rings. The maximum atomic E-state index is 10.5. The van der Waals surface area contributed by atoms with Gasteiger partial charge in [0, 0.05) is 5.92 Å². The monoisotopic (exact) mass is 292 g/mol. The molecule has 0 aliphatic rings. The van der Waals surface area contributed by atoms with E-state index in [-0.39, 0.29) is 12.3 Å². The van der Waals surface area contributed by atoms with Crippen molar-refractivity contribution in [3.8, 4) is 0 Å². The van der Waals surface area contributed by atoms with Gasteiger partial charge < -0.3 is 10.2 Å². The third-order valence-electron chi connectivity index (χ3n) is 3.39. The molecule has 0 amide bonds. The summed E-state index contributed by atoms with van der Waals surface area (Å²) in [6.07, 6.45) is 10.1. The molecule has 0 aromatic rings. The number of carbonyl (C=O) groups is 1. The van der Waals surface area contributed by atoms with E-state index in [1.807, 2.05) is 58.9 Å². The van der Waals surface area contributed by atoms with E-state index in [0.717, 1.165) is 23.1 Å². The van der Waals surface area contributed by atoms with E-state index in [4.69, 9.17) is 5.11 Å². The number of aliphatic hydroxyl groups is 1. The molecular weight excluding hydrogens is 264 g/mol. The number of aliphatic carboxylic acids is 1. The van der Waals surface area contributed by atoms with Gasteiger partial charge in [-0.3, -0.25) is 4.79 Å². The Bertz CT molecular complexity index is 453. The van der Waals surface area contributed by atoms with E-state index in [9.17, 15) is 9.90 Å². The predicted octanol–water partition coefficient (Wildman–Crippen LogP) is 4.26. The highest BCUT2D eigenvalue weighted by Crippen LogP contribution is 2.16. The number of hydrogen-bond donors (Lipinski definition) is 2. The largest absolute Gasteiger partial charge is 0.481 e. The number of aliphatic hydroxyl groups excluding tert-OH is 1. The highest BCUT2D eigenvalue weighted by atomic mass is 16.4. The molecule has 0 radical (unpaired) electrons. The van der Waals surface area contributed by atoms with Crippen LogP contribution in [0.25, 0.3) is 0 Å². The molecule has 2 N–H and O–H groups in total. The van der Waals surface area contributed by atoms with Crippen molar-refractivity contribution in [2.45, 2.75) is 53.6 Å². The minimum atomic E-state index is -0.809. The highest BCUT2D eigenvalue weighted by molar-refractivity contribution is 5.68. The van der Waals surface area contributed by atoms with Crippen molar-refractivity contribution < 1.29 is 15.0 Å². The van der Waals surface area contributed by atoms with Gasteiger partial charge in [-0.15, -0.1) is 0 Å². The fourth-order valence-corrected chi connectivity index (χ4v) is 1.92. The Balaban J connectivity index is 4.50. The Morgan fingerprint density at radius 3 is 2.33 bits per heavy atom. The van der Waals surface area contributed by atoms with Crippen LogP contribution >= 0.6 is 0 Å². The van der Waals surface area contributed by atoms with Gasteiger partial charge in [-0.05, 0) is 39.7 Å². The van der Waals surface area contributed by atoms with Gasteiger partial charge in [0.15, 0.2) is 0 Å². The molecular formula is C18H28O3. The van der Waals surface area contributed by atoms with Crippen LogP contribution in [0.1, 0.15) is 47.5 Å². The standard InChI is InChI=1S/C18H28O3/c1-6-15(4)18(21)16(5)12-14(3)9-7-8-13(2)10-11-17(19)20/h6-7,9-10,12,16,18,21H,8,11H2,1-5H3,(H,19,20)/b9-7+,13-10+,14-12+,15-6+/t16-,18-/m1/s1. The van der Waals surface area contributed by atoms with Gasteiger partial charge in [0.1, 0.15) is 0 Å². The molecule has 3 nitrogen and oxygen atoms in total. The molecule has 0 heterocycles. The summed E-state index contributed by atoms with van der Waals surface area (Å²) in [6.45, 7) is 9.77. The zero-order valence-electron chi connectivity index (χ0n) is 13.8. The first-order valence-electron chi connectivity index (χ1n) is 7.31. The first-order valence-corrected chi connectivity index (χ1v) is 7.31. The fraction of sp³-hybridized carbons (Fsp3) is 0.500. The third-order valence-corrected chi connectivity index (χ3v) is 3.39. The molecule has 0 aromatic carbocycles. The van der Waals surface area contributed by atoms with Gasteiger partial charge in [0.2, 0.25) is 0 Å². The molecule has 0 aliphatic heterocycles. The van der Waals surface area contributed by atoms with Crippen LogP contribution in [0.5, 0.6) is 0 Å². The lowest BCUT2D eigenvalue weighted by atomic mass is 9.96. The molecule has 2 atom stereocenters. The molecule has 3 heteroatoms. The highest BCUT2D eigenvalue weighted by Gasteiger charge is 2.12. The molecule has 0 saturated carbocycles. The number of carboxylic acids is 1. The number of carboxylic acid groups (broad SMARTS) is 1. The van der Waals surface area contributed by atoms with Crippen LogP contribution in [0.2, 0.25) is 0 Å². The molecule has 0 aromatic heterocycles. The molecule has 0 spiro atoms. The normalized spacial score (nSPS) is 17.1. The van der Waals surface area contributed by atoms with Crippen molar-refractivity contribution in [1.29, 1.82) is 0 Å².